The number of carbonyl (C=O) groups excluding carboxylic acids is 3. The molecule has 3 aromatic carbocycles. The highest BCUT2D eigenvalue weighted by molar-refractivity contribution is 7.48. The third kappa shape index (κ3) is 21.2. The molecule has 14 heteroatoms. The van der Waals surface area contributed by atoms with Gasteiger partial charge in [0, 0.05) is 60.4 Å². The van der Waals surface area contributed by atoms with Crippen LogP contribution in [0.3, 0.4) is 0 Å². The van der Waals surface area contributed by atoms with Crippen LogP contribution in [0.15, 0.2) is 91.0 Å². The van der Waals surface area contributed by atoms with Crippen LogP contribution < -0.4 is 16.0 Å². The molecule has 326 valence electrons. The van der Waals surface area contributed by atoms with E-state index in [2.05, 4.69) is 16.0 Å². The Kier molecular flexibility index (Phi) is 25.2. The number of methoxy groups -OCH3 is 3. The Morgan fingerprint density at radius 3 is 0.966 bits per heavy atom. The van der Waals surface area contributed by atoms with Crippen LogP contribution in [-0.2, 0) is 46.7 Å². The number of hydrogen-bond acceptors (Lipinski definition) is 10. The second-order valence-corrected chi connectivity index (χ2v) is 16.0. The first-order chi connectivity index (χ1) is 28.8. The maximum absolute atomic E-state index is 14.9. The summed E-state index contributed by atoms with van der Waals surface area (Å²) in [7, 11) is 0.486. The van der Waals surface area contributed by atoms with Crippen molar-refractivity contribution >= 4 is 25.5 Å². The van der Waals surface area contributed by atoms with E-state index in [0.29, 0.717) is 58.3 Å². The summed E-state index contributed by atoms with van der Waals surface area (Å²) in [5.41, 5.74) is 2.23. The monoisotopic (exact) mass is 839 g/mol. The smallest absolute Gasteiger partial charge is 0.385 e. The molecule has 0 spiro atoms. The van der Waals surface area contributed by atoms with Crippen LogP contribution in [0.2, 0.25) is 0 Å². The molecular weight excluding hydrogens is 773 g/mol. The summed E-state index contributed by atoms with van der Waals surface area (Å²) in [5, 5.41) is 9.11. The van der Waals surface area contributed by atoms with Crippen molar-refractivity contribution in [3.63, 3.8) is 0 Å². The fraction of sp³-hybridized carbons (Fsp3) is 0.533. The Labute approximate surface area is 351 Å². The van der Waals surface area contributed by atoms with Gasteiger partial charge in [0.25, 0.3) is 0 Å². The number of ether oxygens (including phenoxy) is 3. The van der Waals surface area contributed by atoms with Crippen molar-refractivity contribution in [1.82, 2.24) is 16.0 Å². The van der Waals surface area contributed by atoms with Gasteiger partial charge in [-0.25, -0.2) is 4.57 Å². The fourth-order valence-corrected chi connectivity index (χ4v) is 7.47. The number of rotatable bonds is 33. The summed E-state index contributed by atoms with van der Waals surface area (Å²) >= 11 is 0. The number of phosphoric ester groups is 1. The first kappa shape index (κ1) is 49.4. The highest BCUT2D eigenvalue weighted by Crippen LogP contribution is 2.51. The van der Waals surface area contributed by atoms with Gasteiger partial charge in [0.15, 0.2) is 0 Å². The standard InChI is InChI=1S/C45H66N3O10P/c1-53-31-19-7-16-28-43(49)46-40(37-22-10-4-11-23-37)34-56-59(52,57-35-41(38-24-12-5-13-25-38)47-44(50)29-17-8-20-32-54-2)58-36-42(39-26-14-6-15-27-39)48-45(51)30-18-9-21-33-55-3/h4-6,10-15,22-27,40-42H,7-9,16-21,28-36H2,1-3H3,(H,46,49)(H,47,50)(H,48,51)/t40-,41-,42-/m0/s1. The molecular formula is C45H66N3O10P. The number of amides is 3. The highest BCUT2D eigenvalue weighted by atomic mass is 31.2. The molecule has 3 rings (SSSR count). The average Bonchev–Trinajstić information content (AvgIpc) is 3.26. The van der Waals surface area contributed by atoms with Crippen LogP contribution in [-0.4, -0.2) is 78.7 Å². The first-order valence-electron chi connectivity index (χ1n) is 20.8. The van der Waals surface area contributed by atoms with E-state index in [4.69, 9.17) is 27.8 Å². The predicted molar refractivity (Wildman–Crippen MR) is 228 cm³/mol. The largest absolute Gasteiger partial charge is 0.475 e. The van der Waals surface area contributed by atoms with E-state index in [1.165, 1.54) is 0 Å². The third-order valence-electron chi connectivity index (χ3n) is 9.57. The molecule has 0 aliphatic carbocycles. The van der Waals surface area contributed by atoms with Crippen molar-refractivity contribution in [2.24, 2.45) is 0 Å². The van der Waals surface area contributed by atoms with Crippen LogP contribution in [0.25, 0.3) is 0 Å². The van der Waals surface area contributed by atoms with Gasteiger partial charge < -0.3 is 30.2 Å². The van der Waals surface area contributed by atoms with Gasteiger partial charge in [-0.15, -0.1) is 0 Å². The molecule has 0 unspecified atom stereocenters. The minimum atomic E-state index is -4.47. The van der Waals surface area contributed by atoms with Gasteiger partial charge in [-0.2, -0.15) is 0 Å². The summed E-state index contributed by atoms with van der Waals surface area (Å²) in [6.45, 7) is 1.15. The van der Waals surface area contributed by atoms with Gasteiger partial charge >= 0.3 is 7.82 Å². The maximum atomic E-state index is 14.9. The minimum Gasteiger partial charge on any atom is -0.385 e. The van der Waals surface area contributed by atoms with Gasteiger partial charge in [-0.3, -0.25) is 28.0 Å². The number of hydrogen-bond donors (Lipinski definition) is 3. The average molecular weight is 840 g/mol. The molecule has 0 aliphatic rings. The number of unbranched alkanes of at least 4 members (excludes halogenated alkanes) is 6. The van der Waals surface area contributed by atoms with Crippen molar-refractivity contribution in [2.45, 2.75) is 95.2 Å². The van der Waals surface area contributed by atoms with E-state index < -0.39 is 25.9 Å². The van der Waals surface area contributed by atoms with E-state index in [1.54, 1.807) is 21.3 Å². The van der Waals surface area contributed by atoms with E-state index in [9.17, 15) is 18.9 Å². The fourth-order valence-electron chi connectivity index (χ4n) is 6.25. The first-order valence-corrected chi connectivity index (χ1v) is 22.3. The van der Waals surface area contributed by atoms with Gasteiger partial charge in [-0.05, 0) is 55.2 Å². The Bertz CT molecular complexity index is 1430. The lowest BCUT2D eigenvalue weighted by Crippen LogP contribution is -2.33. The van der Waals surface area contributed by atoms with Crippen molar-refractivity contribution < 1.29 is 46.7 Å². The summed E-state index contributed by atoms with van der Waals surface area (Å²) < 4.78 is 48.6. The lowest BCUT2D eigenvalue weighted by molar-refractivity contribution is -0.123. The van der Waals surface area contributed by atoms with Crippen molar-refractivity contribution in [1.29, 1.82) is 0 Å². The Hall–Kier alpha value is -3.94. The van der Waals surface area contributed by atoms with Gasteiger partial charge in [0.1, 0.15) is 0 Å². The number of nitrogens with one attached hydrogen (secondary N) is 3. The second-order valence-electron chi connectivity index (χ2n) is 14.3. The zero-order valence-electron chi connectivity index (χ0n) is 35.1. The summed E-state index contributed by atoms with van der Waals surface area (Å²) in [4.78, 5) is 39.5. The van der Waals surface area contributed by atoms with Gasteiger partial charge in [-0.1, -0.05) is 110 Å². The lowest BCUT2D eigenvalue weighted by atomic mass is 10.1. The lowest BCUT2D eigenvalue weighted by Gasteiger charge is -2.27. The molecule has 0 saturated carbocycles. The zero-order valence-corrected chi connectivity index (χ0v) is 36.0. The van der Waals surface area contributed by atoms with Crippen LogP contribution in [0.4, 0.5) is 0 Å². The van der Waals surface area contributed by atoms with Crippen LogP contribution in [0, 0.1) is 0 Å². The van der Waals surface area contributed by atoms with E-state index in [1.807, 2.05) is 91.0 Å². The molecule has 3 atom stereocenters. The molecule has 3 amide bonds. The molecule has 59 heavy (non-hydrogen) atoms. The molecule has 0 bridgehead atoms. The van der Waals surface area contributed by atoms with Crippen LogP contribution in [0.1, 0.15) is 112 Å². The van der Waals surface area contributed by atoms with Crippen LogP contribution >= 0.6 is 7.82 Å². The third-order valence-corrected chi connectivity index (χ3v) is 11.0. The molecule has 0 aromatic heterocycles. The van der Waals surface area contributed by atoms with Gasteiger partial charge in [0.05, 0.1) is 37.9 Å². The predicted octanol–water partition coefficient (Wildman–Crippen LogP) is 8.34. The van der Waals surface area contributed by atoms with Crippen molar-refractivity contribution in [3.05, 3.63) is 108 Å². The highest BCUT2D eigenvalue weighted by Gasteiger charge is 2.33. The molecule has 0 heterocycles. The zero-order chi connectivity index (χ0) is 42.4. The Balaban J connectivity index is 1.85. The molecule has 3 N–H and O–H groups in total. The molecule has 3 aromatic rings. The van der Waals surface area contributed by atoms with Crippen molar-refractivity contribution in [3.8, 4) is 0 Å². The summed E-state index contributed by atoms with van der Waals surface area (Å²) in [6.07, 6.45) is 8.01. The molecule has 13 nitrogen and oxygen atoms in total. The Morgan fingerprint density at radius 2 is 0.712 bits per heavy atom. The molecule has 0 aliphatic heterocycles. The minimum absolute atomic E-state index is 0.181. The van der Waals surface area contributed by atoms with Gasteiger partial charge in [0.2, 0.25) is 17.7 Å². The van der Waals surface area contributed by atoms with Crippen molar-refractivity contribution in [2.75, 3.05) is 61.0 Å². The number of phosphoric acid groups is 1. The number of carbonyl (C=O) groups is 3. The summed E-state index contributed by atoms with van der Waals surface area (Å²) in [6, 6.07) is 25.8. The topological polar surface area (TPSA) is 160 Å². The second kappa shape index (κ2) is 30.1. The summed E-state index contributed by atoms with van der Waals surface area (Å²) in [5.74, 6) is -0.543. The van der Waals surface area contributed by atoms with E-state index in [-0.39, 0.29) is 37.5 Å². The normalized spacial score (nSPS) is 13.0. The molecule has 0 fully saturated rings. The molecule has 0 saturated heterocycles. The van der Waals surface area contributed by atoms with E-state index >= 15 is 0 Å². The van der Waals surface area contributed by atoms with E-state index in [0.717, 1.165) is 55.2 Å². The quantitative estimate of drug-likeness (QED) is 0.0402. The Morgan fingerprint density at radius 1 is 0.441 bits per heavy atom. The van der Waals surface area contributed by atoms with Crippen LogP contribution in [0.5, 0.6) is 0 Å². The maximum Gasteiger partial charge on any atom is 0.475 e. The molecule has 0 radical (unpaired) electrons. The SMILES string of the molecule is COCCCCCC(=O)N[C@@H](COP(=O)(OC[C@H](NC(=O)CCCCCOC)c1ccccc1)OC[C@H](NC(=O)CCCCCOC)c1ccccc1)c1ccccc1. The number of benzene rings is 3.